The number of rotatable bonds is 3. The molecule has 2 heterocycles. The summed E-state index contributed by atoms with van der Waals surface area (Å²) in [6, 6.07) is 13.9. The molecule has 0 N–H and O–H groups in total. The van der Waals surface area contributed by atoms with Crippen LogP contribution in [0.25, 0.3) is 5.69 Å². The summed E-state index contributed by atoms with van der Waals surface area (Å²) in [5, 5.41) is 11.1. The number of hydrogen-bond acceptors (Lipinski definition) is 5. The number of carbonyl (C=O) groups excluding carboxylic acids is 1. The maximum Gasteiger partial charge on any atom is 0.254 e. The van der Waals surface area contributed by atoms with E-state index >= 15 is 0 Å². The van der Waals surface area contributed by atoms with Crippen molar-refractivity contribution in [2.75, 3.05) is 31.1 Å². The lowest BCUT2D eigenvalue weighted by Crippen LogP contribution is -2.49. The zero-order valence-corrected chi connectivity index (χ0v) is 14.0. The molecule has 0 radical (unpaired) electrons. The van der Waals surface area contributed by atoms with E-state index in [9.17, 15) is 9.18 Å². The fourth-order valence-electron chi connectivity index (χ4n) is 3.10. The van der Waals surface area contributed by atoms with Crippen LogP contribution in [0.5, 0.6) is 0 Å². The van der Waals surface area contributed by atoms with E-state index in [1.165, 1.54) is 17.1 Å². The van der Waals surface area contributed by atoms with Crippen LogP contribution >= 0.6 is 0 Å². The monoisotopic (exact) mass is 352 g/mol. The number of halogens is 1. The Morgan fingerprint density at radius 3 is 2.54 bits per heavy atom. The van der Waals surface area contributed by atoms with Crippen molar-refractivity contribution in [2.45, 2.75) is 0 Å². The quantitative estimate of drug-likeness (QED) is 0.719. The molecule has 4 rings (SSSR count). The van der Waals surface area contributed by atoms with E-state index < -0.39 is 0 Å². The summed E-state index contributed by atoms with van der Waals surface area (Å²) in [6.45, 7) is 2.28. The van der Waals surface area contributed by atoms with Crippen LogP contribution in [-0.4, -0.2) is 57.2 Å². The Labute approximate surface area is 149 Å². The van der Waals surface area contributed by atoms with Crippen molar-refractivity contribution < 1.29 is 9.18 Å². The van der Waals surface area contributed by atoms with E-state index in [1.807, 2.05) is 17.0 Å². The van der Waals surface area contributed by atoms with Gasteiger partial charge in [-0.25, -0.2) is 9.07 Å². The lowest BCUT2D eigenvalue weighted by Gasteiger charge is -2.36. The molecule has 1 aromatic heterocycles. The minimum absolute atomic E-state index is 0.0480. The van der Waals surface area contributed by atoms with Gasteiger partial charge < -0.3 is 9.80 Å². The zero-order chi connectivity index (χ0) is 17.9. The Kier molecular flexibility index (Phi) is 4.30. The third-order valence-electron chi connectivity index (χ3n) is 4.47. The molecule has 26 heavy (non-hydrogen) atoms. The lowest BCUT2D eigenvalue weighted by molar-refractivity contribution is 0.0746. The fraction of sp³-hybridized carbons (Fsp3) is 0.222. The Morgan fingerprint density at radius 2 is 1.81 bits per heavy atom. The van der Waals surface area contributed by atoms with Crippen molar-refractivity contribution in [3.63, 3.8) is 0 Å². The molecule has 2 aromatic carbocycles. The van der Waals surface area contributed by atoms with Crippen molar-refractivity contribution in [3.8, 4) is 5.69 Å². The van der Waals surface area contributed by atoms with Crippen molar-refractivity contribution >= 4 is 11.6 Å². The largest absolute Gasteiger partial charge is 0.366 e. The highest BCUT2D eigenvalue weighted by Gasteiger charge is 2.23. The minimum atomic E-state index is -0.235. The Hall–Kier alpha value is -3.29. The highest BCUT2D eigenvalue weighted by atomic mass is 19.1. The predicted molar refractivity (Wildman–Crippen MR) is 93.7 cm³/mol. The van der Waals surface area contributed by atoms with Crippen LogP contribution in [0, 0.1) is 5.82 Å². The highest BCUT2D eigenvalue weighted by molar-refractivity contribution is 5.95. The standard InChI is InChI=1S/C18H17FN6O/c19-16-6-1-2-7-17(16)23-8-10-24(11-9-23)18(26)14-4-3-5-15(12-14)25-13-20-21-22-25/h1-7,12-13H,8-11H2. The van der Waals surface area contributed by atoms with Crippen LogP contribution in [-0.2, 0) is 0 Å². The van der Waals surface area contributed by atoms with Crippen molar-refractivity contribution in [1.29, 1.82) is 0 Å². The highest BCUT2D eigenvalue weighted by Crippen LogP contribution is 2.21. The smallest absolute Gasteiger partial charge is 0.254 e. The van der Waals surface area contributed by atoms with Crippen molar-refractivity contribution in [1.82, 2.24) is 25.1 Å². The van der Waals surface area contributed by atoms with Crippen molar-refractivity contribution in [3.05, 3.63) is 66.2 Å². The van der Waals surface area contributed by atoms with E-state index in [0.29, 0.717) is 37.4 Å². The second-order valence-corrected chi connectivity index (χ2v) is 6.04. The first-order valence-electron chi connectivity index (χ1n) is 8.34. The van der Waals surface area contributed by atoms with Gasteiger partial charge in [0, 0.05) is 31.7 Å². The molecule has 7 nitrogen and oxygen atoms in total. The zero-order valence-electron chi connectivity index (χ0n) is 14.0. The van der Waals surface area contributed by atoms with Crippen LogP contribution in [0.4, 0.5) is 10.1 Å². The SMILES string of the molecule is O=C(c1cccc(-n2cnnn2)c1)N1CCN(c2ccccc2F)CC1. The first-order valence-corrected chi connectivity index (χ1v) is 8.34. The Morgan fingerprint density at radius 1 is 1.00 bits per heavy atom. The van der Waals surface area contributed by atoms with Gasteiger partial charge in [0.1, 0.15) is 12.1 Å². The van der Waals surface area contributed by atoms with Gasteiger partial charge in [0.2, 0.25) is 0 Å². The molecule has 0 bridgehead atoms. The average Bonchev–Trinajstić information content (AvgIpc) is 3.23. The fourth-order valence-corrected chi connectivity index (χ4v) is 3.10. The topological polar surface area (TPSA) is 67.2 Å². The molecule has 8 heteroatoms. The second-order valence-electron chi connectivity index (χ2n) is 6.04. The Balaban J connectivity index is 1.46. The second kappa shape index (κ2) is 6.91. The number of tetrazole rings is 1. The molecule has 1 aliphatic heterocycles. The van der Waals surface area contributed by atoms with Gasteiger partial charge in [0.05, 0.1) is 11.4 Å². The average molecular weight is 352 g/mol. The normalized spacial score (nSPS) is 14.5. The number of para-hydroxylation sites is 1. The van der Waals surface area contributed by atoms with Gasteiger partial charge in [-0.3, -0.25) is 4.79 Å². The third-order valence-corrected chi connectivity index (χ3v) is 4.47. The van der Waals surface area contributed by atoms with Gasteiger partial charge in [-0.1, -0.05) is 18.2 Å². The molecule has 0 aliphatic carbocycles. The number of hydrogen-bond donors (Lipinski definition) is 0. The van der Waals surface area contributed by atoms with Gasteiger partial charge in [-0.2, -0.15) is 0 Å². The van der Waals surface area contributed by atoms with Gasteiger partial charge in [-0.05, 0) is 40.8 Å². The molecule has 1 aliphatic rings. The van der Waals surface area contributed by atoms with E-state index in [2.05, 4.69) is 15.5 Å². The maximum absolute atomic E-state index is 13.9. The van der Waals surface area contributed by atoms with E-state index in [0.717, 1.165) is 5.69 Å². The molecule has 3 aromatic rings. The molecule has 0 saturated carbocycles. The van der Waals surface area contributed by atoms with E-state index in [1.54, 1.807) is 35.2 Å². The maximum atomic E-state index is 13.9. The summed E-state index contributed by atoms with van der Waals surface area (Å²) < 4.78 is 15.4. The molecule has 1 amide bonds. The lowest BCUT2D eigenvalue weighted by atomic mass is 10.1. The first-order chi connectivity index (χ1) is 12.7. The summed E-state index contributed by atoms with van der Waals surface area (Å²) >= 11 is 0. The van der Waals surface area contributed by atoms with Crippen LogP contribution in [0.2, 0.25) is 0 Å². The van der Waals surface area contributed by atoms with E-state index in [4.69, 9.17) is 0 Å². The number of anilines is 1. The minimum Gasteiger partial charge on any atom is -0.366 e. The summed E-state index contributed by atoms with van der Waals surface area (Å²) in [7, 11) is 0. The number of carbonyl (C=O) groups is 1. The first kappa shape index (κ1) is 16.2. The Bertz CT molecular complexity index is 906. The number of nitrogens with zero attached hydrogens (tertiary/aromatic N) is 6. The van der Waals surface area contributed by atoms with Crippen LogP contribution < -0.4 is 4.90 Å². The summed E-state index contributed by atoms with van der Waals surface area (Å²) in [6.07, 6.45) is 1.48. The molecule has 1 saturated heterocycles. The number of piperazine rings is 1. The summed E-state index contributed by atoms with van der Waals surface area (Å²) in [4.78, 5) is 16.6. The van der Waals surface area contributed by atoms with Gasteiger partial charge in [0.15, 0.2) is 0 Å². The molecule has 0 unspecified atom stereocenters. The number of aromatic nitrogens is 4. The van der Waals surface area contributed by atoms with Crippen LogP contribution in [0.3, 0.4) is 0 Å². The van der Waals surface area contributed by atoms with E-state index in [-0.39, 0.29) is 11.7 Å². The molecule has 0 spiro atoms. The van der Waals surface area contributed by atoms with Crippen molar-refractivity contribution in [2.24, 2.45) is 0 Å². The number of benzene rings is 2. The summed E-state index contributed by atoms with van der Waals surface area (Å²) in [5.74, 6) is -0.283. The molecule has 132 valence electrons. The number of amides is 1. The summed E-state index contributed by atoms with van der Waals surface area (Å²) in [5.41, 5.74) is 1.89. The molecular weight excluding hydrogens is 335 g/mol. The predicted octanol–water partition coefficient (Wildman–Crippen LogP) is 1.76. The van der Waals surface area contributed by atoms with Gasteiger partial charge in [0.25, 0.3) is 5.91 Å². The van der Waals surface area contributed by atoms with Gasteiger partial charge in [-0.15, -0.1) is 5.10 Å². The molecule has 1 fully saturated rings. The molecule has 0 atom stereocenters. The van der Waals surface area contributed by atoms with Crippen LogP contribution in [0.1, 0.15) is 10.4 Å². The van der Waals surface area contributed by atoms with Crippen LogP contribution in [0.15, 0.2) is 54.9 Å². The third kappa shape index (κ3) is 3.13. The van der Waals surface area contributed by atoms with Gasteiger partial charge >= 0.3 is 0 Å². The molecular formula is C18H17FN6O.